The molecule has 0 saturated heterocycles. The molecule has 0 aliphatic heterocycles. The number of benzene rings is 3. The highest BCUT2D eigenvalue weighted by Gasteiger charge is 2.29. The van der Waals surface area contributed by atoms with E-state index in [1.807, 2.05) is 36.6 Å². The zero-order chi connectivity index (χ0) is 29.1. The van der Waals surface area contributed by atoms with E-state index in [0.717, 1.165) is 16.8 Å². The minimum atomic E-state index is -1.49. The lowest BCUT2D eigenvalue weighted by Gasteiger charge is -2.15. The maximum Gasteiger partial charge on any atom is 0.338 e. The smallest absolute Gasteiger partial charge is 0.338 e. The number of aromatic nitrogens is 1. The molecule has 4 aromatic rings. The Morgan fingerprint density at radius 3 is 2.23 bits per heavy atom. The SMILES string of the molecule is Cc1ccc(-c2csc(NC(=O)C(C)Sc3cccc(NC(=O)c4c(Cl)c(Cl)c(Cl)c(Cl)c4C(=O)O)c3)n2)cc1. The topological polar surface area (TPSA) is 108 Å². The van der Waals surface area contributed by atoms with Crippen LogP contribution < -0.4 is 10.6 Å². The molecule has 0 radical (unpaired) electrons. The Kier molecular flexibility index (Phi) is 9.66. The molecule has 206 valence electrons. The summed E-state index contributed by atoms with van der Waals surface area (Å²) in [6.07, 6.45) is 0. The number of carbonyl (C=O) groups excluding carboxylic acids is 2. The van der Waals surface area contributed by atoms with Crippen LogP contribution >= 0.6 is 69.5 Å². The zero-order valence-electron chi connectivity index (χ0n) is 20.7. The second-order valence-corrected chi connectivity index (χ2v) is 12.2. The number of anilines is 2. The van der Waals surface area contributed by atoms with E-state index in [1.165, 1.54) is 23.1 Å². The lowest BCUT2D eigenvalue weighted by atomic mass is 10.1. The normalized spacial score (nSPS) is 11.7. The molecule has 0 aliphatic carbocycles. The van der Waals surface area contributed by atoms with Crippen molar-refractivity contribution in [1.82, 2.24) is 4.98 Å². The van der Waals surface area contributed by atoms with E-state index in [4.69, 9.17) is 46.4 Å². The van der Waals surface area contributed by atoms with Gasteiger partial charge in [-0.3, -0.25) is 9.59 Å². The van der Waals surface area contributed by atoms with Crippen molar-refractivity contribution < 1.29 is 19.5 Å². The molecule has 0 bridgehead atoms. The number of rotatable bonds is 8. The van der Waals surface area contributed by atoms with E-state index in [-0.39, 0.29) is 21.0 Å². The van der Waals surface area contributed by atoms with E-state index >= 15 is 0 Å². The number of aryl methyl sites for hydroxylation is 1. The molecule has 7 nitrogen and oxygen atoms in total. The summed E-state index contributed by atoms with van der Waals surface area (Å²) in [6.45, 7) is 3.76. The first-order chi connectivity index (χ1) is 19.0. The minimum Gasteiger partial charge on any atom is -0.478 e. The van der Waals surface area contributed by atoms with Gasteiger partial charge >= 0.3 is 5.97 Å². The van der Waals surface area contributed by atoms with Crippen LogP contribution in [-0.2, 0) is 4.79 Å². The average molecular weight is 655 g/mol. The van der Waals surface area contributed by atoms with Gasteiger partial charge in [-0.1, -0.05) is 82.3 Å². The van der Waals surface area contributed by atoms with Crippen molar-refractivity contribution in [2.24, 2.45) is 0 Å². The van der Waals surface area contributed by atoms with E-state index in [9.17, 15) is 19.5 Å². The zero-order valence-corrected chi connectivity index (χ0v) is 25.4. The Morgan fingerprint density at radius 1 is 0.925 bits per heavy atom. The van der Waals surface area contributed by atoms with Crippen molar-refractivity contribution in [1.29, 1.82) is 0 Å². The highest BCUT2D eigenvalue weighted by molar-refractivity contribution is 8.00. The first kappa shape index (κ1) is 30.2. The van der Waals surface area contributed by atoms with Crippen LogP contribution in [0.25, 0.3) is 11.3 Å². The molecule has 1 unspecified atom stereocenters. The van der Waals surface area contributed by atoms with Gasteiger partial charge in [0.2, 0.25) is 5.91 Å². The van der Waals surface area contributed by atoms with Crippen LogP contribution in [0.2, 0.25) is 20.1 Å². The van der Waals surface area contributed by atoms with Crippen LogP contribution in [0.3, 0.4) is 0 Å². The molecule has 0 spiro atoms. The summed E-state index contributed by atoms with van der Waals surface area (Å²) in [7, 11) is 0. The first-order valence-electron chi connectivity index (χ1n) is 11.5. The molecule has 0 aliphatic rings. The summed E-state index contributed by atoms with van der Waals surface area (Å²) in [5.41, 5.74) is 2.23. The van der Waals surface area contributed by atoms with Crippen LogP contribution in [0, 0.1) is 6.92 Å². The molecule has 0 fully saturated rings. The minimum absolute atomic E-state index is 0.237. The summed E-state index contributed by atoms with van der Waals surface area (Å²) in [5.74, 6) is -2.58. The fourth-order valence-electron chi connectivity index (χ4n) is 3.54. The van der Waals surface area contributed by atoms with Crippen molar-refractivity contribution in [2.75, 3.05) is 10.6 Å². The van der Waals surface area contributed by atoms with Crippen molar-refractivity contribution in [3.63, 3.8) is 0 Å². The molecule has 1 aromatic heterocycles. The van der Waals surface area contributed by atoms with Crippen molar-refractivity contribution >= 4 is 98.1 Å². The molecular formula is C27H19Cl4N3O4S2. The second-order valence-electron chi connectivity index (χ2n) is 8.45. The molecule has 13 heteroatoms. The van der Waals surface area contributed by atoms with Gasteiger partial charge in [0, 0.05) is 21.5 Å². The fourth-order valence-corrected chi connectivity index (χ4v) is 6.21. The fraction of sp³-hybridized carbons (Fsp3) is 0.111. The largest absolute Gasteiger partial charge is 0.478 e. The van der Waals surface area contributed by atoms with Crippen molar-refractivity contribution in [3.05, 3.63) is 90.7 Å². The van der Waals surface area contributed by atoms with Crippen LogP contribution in [-0.4, -0.2) is 33.1 Å². The third-order valence-corrected chi connectivity index (χ3v) is 9.22. The first-order valence-corrected chi connectivity index (χ1v) is 14.7. The van der Waals surface area contributed by atoms with Gasteiger partial charge in [0.15, 0.2) is 5.13 Å². The predicted molar refractivity (Wildman–Crippen MR) is 164 cm³/mol. The number of hydrogen-bond donors (Lipinski definition) is 3. The van der Waals surface area contributed by atoms with Crippen LogP contribution in [0.1, 0.15) is 33.2 Å². The van der Waals surface area contributed by atoms with E-state index in [1.54, 1.807) is 31.2 Å². The quantitative estimate of drug-likeness (QED) is 0.0995. The maximum atomic E-state index is 13.0. The average Bonchev–Trinajstić information content (AvgIpc) is 3.38. The van der Waals surface area contributed by atoms with Gasteiger partial charge in [-0.15, -0.1) is 23.1 Å². The number of thiazole rings is 1. The van der Waals surface area contributed by atoms with Crippen molar-refractivity contribution in [2.45, 2.75) is 24.0 Å². The number of halogens is 4. The Labute approximate surface area is 257 Å². The number of nitrogens with zero attached hydrogens (tertiary/aromatic N) is 1. The number of carboxylic acids is 1. The summed E-state index contributed by atoms with van der Waals surface area (Å²) >= 11 is 26.8. The van der Waals surface area contributed by atoms with Gasteiger partial charge in [0.1, 0.15) is 0 Å². The van der Waals surface area contributed by atoms with E-state index < -0.39 is 33.3 Å². The number of amides is 2. The molecule has 3 N–H and O–H groups in total. The van der Waals surface area contributed by atoms with Gasteiger partial charge in [-0.05, 0) is 32.0 Å². The van der Waals surface area contributed by atoms with E-state index in [2.05, 4.69) is 15.6 Å². The molecule has 4 rings (SSSR count). The lowest BCUT2D eigenvalue weighted by Crippen LogP contribution is -2.22. The Hall–Kier alpha value is -2.79. The number of carboxylic acid groups (broad SMARTS) is 1. The number of carbonyl (C=O) groups is 3. The number of thioether (sulfide) groups is 1. The van der Waals surface area contributed by atoms with Gasteiger partial charge < -0.3 is 15.7 Å². The van der Waals surface area contributed by atoms with Gasteiger partial charge in [0.25, 0.3) is 5.91 Å². The molecule has 3 aromatic carbocycles. The highest BCUT2D eigenvalue weighted by atomic mass is 35.5. The number of hydrogen-bond acceptors (Lipinski definition) is 6. The molecule has 0 saturated carbocycles. The predicted octanol–water partition coefficient (Wildman–Crippen LogP) is 8.80. The Morgan fingerprint density at radius 2 is 1.57 bits per heavy atom. The molecule has 2 amide bonds. The summed E-state index contributed by atoms with van der Waals surface area (Å²) in [4.78, 5) is 42.9. The molecule has 1 atom stereocenters. The molecular weight excluding hydrogens is 636 g/mol. The number of aromatic carboxylic acids is 1. The number of nitrogens with one attached hydrogen (secondary N) is 2. The van der Waals surface area contributed by atoms with Crippen LogP contribution in [0.15, 0.2) is 58.8 Å². The van der Waals surface area contributed by atoms with Gasteiger partial charge in [-0.25, -0.2) is 9.78 Å². The van der Waals surface area contributed by atoms with Gasteiger partial charge in [-0.2, -0.15) is 0 Å². The third kappa shape index (κ3) is 6.74. The van der Waals surface area contributed by atoms with Gasteiger partial charge in [0.05, 0.1) is 42.2 Å². The summed E-state index contributed by atoms with van der Waals surface area (Å²) in [6, 6.07) is 14.7. The molecule has 1 heterocycles. The highest BCUT2D eigenvalue weighted by Crippen LogP contribution is 2.42. The lowest BCUT2D eigenvalue weighted by molar-refractivity contribution is -0.115. The second kappa shape index (κ2) is 12.8. The summed E-state index contributed by atoms with van der Waals surface area (Å²) < 4.78 is 0. The van der Waals surface area contributed by atoms with Crippen LogP contribution in [0.5, 0.6) is 0 Å². The maximum absolute atomic E-state index is 13.0. The monoisotopic (exact) mass is 653 g/mol. The summed E-state index contributed by atoms with van der Waals surface area (Å²) in [5, 5.41) is 15.7. The van der Waals surface area contributed by atoms with Crippen molar-refractivity contribution in [3.8, 4) is 11.3 Å². The van der Waals surface area contributed by atoms with E-state index in [0.29, 0.717) is 15.7 Å². The Balaban J connectivity index is 1.45. The Bertz CT molecular complexity index is 1630. The van der Waals surface area contributed by atoms with Crippen LogP contribution in [0.4, 0.5) is 10.8 Å². The molecule has 40 heavy (non-hydrogen) atoms. The third-order valence-electron chi connectivity index (χ3n) is 5.56. The standard InChI is InChI=1S/C27H19Cl4N3O4S2/c1-12-6-8-14(9-7-12)17-11-39-27(33-17)34-24(35)13(2)40-16-5-3-4-15(10-16)32-25(36)18-19(26(37)38)21(29)23(31)22(30)20(18)28/h3-11,13H,1-2H3,(H,32,36)(H,37,38)(H,33,34,35).